The van der Waals surface area contributed by atoms with Crippen LogP contribution in [0, 0.1) is 0 Å². The molecule has 0 atom stereocenters. The summed E-state index contributed by atoms with van der Waals surface area (Å²) in [5.74, 6) is 0. The number of H-pyrrole nitrogens is 2. The predicted molar refractivity (Wildman–Crippen MR) is 137 cm³/mol. The number of hydrogen-bond acceptors (Lipinski definition) is 5. The second-order valence-corrected chi connectivity index (χ2v) is 11.9. The molecule has 8 rings (SSSR count). The number of benzene rings is 1. The topological polar surface area (TPSA) is 74.5 Å². The van der Waals surface area contributed by atoms with Crippen molar-refractivity contribution in [3.8, 4) is 0 Å². The number of thiophene rings is 3. The Bertz CT molecular complexity index is 2030. The van der Waals surface area contributed by atoms with Crippen molar-refractivity contribution in [2.24, 2.45) is 0 Å². The number of halogens is 2. The minimum Gasteiger partial charge on any atom is -0.330 e. The maximum Gasteiger partial charge on any atom is 0.264 e. The van der Waals surface area contributed by atoms with Crippen LogP contribution in [0.5, 0.6) is 0 Å². The minimum atomic E-state index is -0.0788. The standard InChI is InChI=1S/C20H6Br2N4O2S3/c21-7-3-29-17-11(7)25-15(23-17)13-9-5(19(25)27)1-2-6-10(9)14(31-13)16-24-18-12(8(22)4-30-18)26(16)20(6)28/h1-4,23-24H. The Labute approximate surface area is 198 Å². The molecule has 0 saturated heterocycles. The first-order valence-corrected chi connectivity index (χ1v) is 13.3. The van der Waals surface area contributed by atoms with Crippen molar-refractivity contribution in [1.29, 1.82) is 0 Å². The highest BCUT2D eigenvalue weighted by Gasteiger charge is 2.25. The average molecular weight is 590 g/mol. The monoisotopic (exact) mass is 588 g/mol. The molecule has 1 aromatic carbocycles. The molecular weight excluding hydrogens is 584 g/mol. The maximum absolute atomic E-state index is 13.5. The summed E-state index contributed by atoms with van der Waals surface area (Å²) in [4.78, 5) is 35.9. The van der Waals surface area contributed by atoms with E-state index in [0.717, 1.165) is 61.1 Å². The van der Waals surface area contributed by atoms with Gasteiger partial charge in [0.05, 0.1) is 29.4 Å². The third kappa shape index (κ3) is 1.82. The SMILES string of the molecule is O=c1c2ccc3c(=O)n4c([nH]c5scc(Br)c54)c4sc(c2c34)c2[nH]c3scc(Br)c3n12. The summed E-state index contributed by atoms with van der Waals surface area (Å²) < 4.78 is 7.26. The van der Waals surface area contributed by atoms with Gasteiger partial charge in [0.15, 0.2) is 0 Å². The van der Waals surface area contributed by atoms with Gasteiger partial charge in [0.25, 0.3) is 11.1 Å². The van der Waals surface area contributed by atoms with Crippen molar-refractivity contribution < 1.29 is 0 Å². The van der Waals surface area contributed by atoms with Gasteiger partial charge in [0, 0.05) is 32.3 Å². The lowest BCUT2D eigenvalue weighted by atomic mass is 10.0. The van der Waals surface area contributed by atoms with Crippen molar-refractivity contribution in [3.05, 3.63) is 52.5 Å². The number of nitrogens with one attached hydrogen (secondary N) is 2. The first-order valence-electron chi connectivity index (χ1n) is 9.15. The second-order valence-electron chi connectivity index (χ2n) is 7.42. The molecule has 0 fully saturated rings. The fraction of sp³-hybridized carbons (Fsp3) is 0. The van der Waals surface area contributed by atoms with Crippen LogP contribution in [0.2, 0.25) is 0 Å². The molecule has 0 aliphatic heterocycles. The Morgan fingerprint density at radius 2 is 1.19 bits per heavy atom. The molecule has 8 aromatic rings. The lowest BCUT2D eigenvalue weighted by Gasteiger charge is -2.04. The van der Waals surface area contributed by atoms with E-state index in [4.69, 9.17) is 0 Å². The number of rotatable bonds is 0. The van der Waals surface area contributed by atoms with Crippen LogP contribution in [-0.4, -0.2) is 18.8 Å². The molecule has 0 unspecified atom stereocenters. The largest absolute Gasteiger partial charge is 0.330 e. The van der Waals surface area contributed by atoms with E-state index in [0.29, 0.717) is 10.8 Å². The van der Waals surface area contributed by atoms with Crippen LogP contribution >= 0.6 is 65.9 Å². The molecule has 7 heterocycles. The lowest BCUT2D eigenvalue weighted by Crippen LogP contribution is -2.15. The first kappa shape index (κ1) is 17.4. The molecule has 0 amide bonds. The average Bonchev–Trinajstić information content (AvgIpc) is 3.53. The second kappa shape index (κ2) is 5.41. The molecule has 0 aliphatic carbocycles. The van der Waals surface area contributed by atoms with Crippen LogP contribution in [0.3, 0.4) is 0 Å². The number of fused-ring (bicyclic) bond motifs is 8. The van der Waals surface area contributed by atoms with Crippen LogP contribution in [-0.2, 0) is 0 Å². The number of pyridine rings is 2. The molecule has 11 heteroatoms. The Hall–Kier alpha value is -2.18. The zero-order chi connectivity index (χ0) is 20.8. The lowest BCUT2D eigenvalue weighted by molar-refractivity contribution is 1.18. The Morgan fingerprint density at radius 3 is 1.65 bits per heavy atom. The van der Waals surface area contributed by atoms with E-state index in [-0.39, 0.29) is 11.1 Å². The quantitative estimate of drug-likeness (QED) is 0.199. The number of imidazole rings is 2. The van der Waals surface area contributed by atoms with Crippen LogP contribution in [0.1, 0.15) is 0 Å². The highest BCUT2D eigenvalue weighted by Crippen LogP contribution is 2.44. The zero-order valence-corrected chi connectivity index (χ0v) is 20.6. The smallest absolute Gasteiger partial charge is 0.264 e. The summed E-state index contributed by atoms with van der Waals surface area (Å²) in [5, 5.41) is 6.95. The third-order valence-corrected chi connectivity index (χ3v) is 10.7. The van der Waals surface area contributed by atoms with E-state index >= 15 is 0 Å². The van der Waals surface area contributed by atoms with Gasteiger partial charge in [-0.05, 0) is 44.0 Å². The molecule has 0 radical (unpaired) electrons. The van der Waals surface area contributed by atoms with E-state index in [1.165, 1.54) is 0 Å². The molecular formula is C20H6Br2N4O2S3. The Morgan fingerprint density at radius 1 is 0.742 bits per heavy atom. The first-order chi connectivity index (χ1) is 15.0. The van der Waals surface area contributed by atoms with Gasteiger partial charge >= 0.3 is 0 Å². The van der Waals surface area contributed by atoms with Gasteiger partial charge in [-0.25, -0.2) is 0 Å². The van der Waals surface area contributed by atoms with Crippen molar-refractivity contribution in [2.45, 2.75) is 0 Å². The zero-order valence-electron chi connectivity index (χ0n) is 15.0. The number of nitrogens with zero attached hydrogens (tertiary/aromatic N) is 2. The van der Waals surface area contributed by atoms with Gasteiger partial charge in [-0.2, -0.15) is 0 Å². The summed E-state index contributed by atoms with van der Waals surface area (Å²) in [6, 6.07) is 3.59. The third-order valence-electron chi connectivity index (χ3n) is 5.96. The van der Waals surface area contributed by atoms with Crippen LogP contribution in [0.25, 0.3) is 62.9 Å². The number of aromatic nitrogens is 4. The van der Waals surface area contributed by atoms with Crippen molar-refractivity contribution in [3.63, 3.8) is 0 Å². The normalized spacial score (nSPS) is 13.1. The van der Waals surface area contributed by atoms with Crippen LogP contribution in [0.4, 0.5) is 0 Å². The van der Waals surface area contributed by atoms with Gasteiger partial charge in [0.1, 0.15) is 21.0 Å². The van der Waals surface area contributed by atoms with E-state index < -0.39 is 0 Å². The van der Waals surface area contributed by atoms with Gasteiger partial charge in [-0.3, -0.25) is 18.4 Å². The molecule has 7 aromatic heterocycles. The van der Waals surface area contributed by atoms with E-state index in [1.807, 2.05) is 10.8 Å². The molecule has 31 heavy (non-hydrogen) atoms. The van der Waals surface area contributed by atoms with E-state index in [2.05, 4.69) is 41.8 Å². The summed E-state index contributed by atoms with van der Waals surface area (Å²) in [7, 11) is 0. The highest BCUT2D eigenvalue weighted by atomic mass is 79.9. The summed E-state index contributed by atoms with van der Waals surface area (Å²) >= 11 is 11.9. The highest BCUT2D eigenvalue weighted by molar-refractivity contribution is 9.11. The molecule has 0 aliphatic rings. The van der Waals surface area contributed by atoms with E-state index in [1.54, 1.807) is 54.9 Å². The van der Waals surface area contributed by atoms with Crippen molar-refractivity contribution in [1.82, 2.24) is 18.8 Å². The summed E-state index contributed by atoms with van der Waals surface area (Å²) in [6.45, 7) is 0. The summed E-state index contributed by atoms with van der Waals surface area (Å²) in [5.41, 5.74) is 3.10. The van der Waals surface area contributed by atoms with Gasteiger partial charge < -0.3 is 9.97 Å². The van der Waals surface area contributed by atoms with Crippen molar-refractivity contribution in [2.75, 3.05) is 0 Å². The fourth-order valence-electron chi connectivity index (χ4n) is 4.74. The Kier molecular flexibility index (Phi) is 3.03. The predicted octanol–water partition coefficient (Wildman–Crippen LogP) is 6.48. The van der Waals surface area contributed by atoms with Gasteiger partial charge in [-0.15, -0.1) is 34.0 Å². The molecule has 2 N–H and O–H groups in total. The molecule has 150 valence electrons. The minimum absolute atomic E-state index is 0.0788. The van der Waals surface area contributed by atoms with Gasteiger partial charge in [-0.1, -0.05) is 0 Å². The number of hydrogen-bond donors (Lipinski definition) is 2. The number of aromatic amines is 2. The molecule has 6 nitrogen and oxygen atoms in total. The fourth-order valence-corrected chi connectivity index (χ4v) is 9.23. The van der Waals surface area contributed by atoms with Gasteiger partial charge in [0.2, 0.25) is 0 Å². The molecule has 0 saturated carbocycles. The van der Waals surface area contributed by atoms with Crippen LogP contribution in [0.15, 0.2) is 41.4 Å². The Balaban J connectivity index is 1.77. The van der Waals surface area contributed by atoms with Crippen molar-refractivity contribution >= 4 is 129 Å². The maximum atomic E-state index is 13.5. The van der Waals surface area contributed by atoms with E-state index in [9.17, 15) is 9.59 Å². The summed E-state index contributed by atoms with van der Waals surface area (Å²) in [6.07, 6.45) is 0. The molecule has 0 bridgehead atoms. The molecule has 0 spiro atoms. The van der Waals surface area contributed by atoms with Crippen LogP contribution < -0.4 is 11.1 Å².